The molecule has 1 rings (SSSR count). The summed E-state index contributed by atoms with van der Waals surface area (Å²) in [5, 5.41) is 3.31. The van der Waals surface area contributed by atoms with Crippen molar-refractivity contribution in [2.45, 2.75) is 34.1 Å². The van der Waals surface area contributed by atoms with Gasteiger partial charge in [0, 0.05) is 6.54 Å². The molecule has 1 aromatic rings. The van der Waals surface area contributed by atoms with E-state index in [1.807, 2.05) is 6.92 Å². The van der Waals surface area contributed by atoms with Crippen LogP contribution in [0.15, 0.2) is 18.2 Å². The Kier molecular flexibility index (Phi) is 5.27. The quantitative estimate of drug-likeness (QED) is 0.815. The molecule has 0 aliphatic rings. The standard InChI is InChI=1S/C15H23F2N/c1-5-18-10-15(4,11(2)3)9-12-8-13(16)6-7-14(12)17/h6-8,11,18H,5,9-10H2,1-4H3. The summed E-state index contributed by atoms with van der Waals surface area (Å²) in [7, 11) is 0. The van der Waals surface area contributed by atoms with Gasteiger partial charge in [0.2, 0.25) is 0 Å². The van der Waals surface area contributed by atoms with Crippen LogP contribution >= 0.6 is 0 Å². The Morgan fingerprint density at radius 3 is 2.50 bits per heavy atom. The Hall–Kier alpha value is -0.960. The van der Waals surface area contributed by atoms with Gasteiger partial charge in [0.25, 0.3) is 0 Å². The highest BCUT2D eigenvalue weighted by atomic mass is 19.1. The van der Waals surface area contributed by atoms with E-state index in [0.717, 1.165) is 19.2 Å². The van der Waals surface area contributed by atoms with E-state index in [1.54, 1.807) is 0 Å². The van der Waals surface area contributed by atoms with Crippen LogP contribution in [-0.2, 0) is 6.42 Å². The maximum absolute atomic E-state index is 13.7. The van der Waals surface area contributed by atoms with E-state index >= 15 is 0 Å². The molecular weight excluding hydrogens is 232 g/mol. The summed E-state index contributed by atoms with van der Waals surface area (Å²) in [6.45, 7) is 10.1. The molecule has 0 bridgehead atoms. The number of hydrogen-bond acceptors (Lipinski definition) is 1. The van der Waals surface area contributed by atoms with Crippen molar-refractivity contribution < 1.29 is 8.78 Å². The fourth-order valence-corrected chi connectivity index (χ4v) is 2.00. The molecule has 0 amide bonds. The summed E-state index contributed by atoms with van der Waals surface area (Å²) in [6.07, 6.45) is 0.543. The predicted molar refractivity (Wildman–Crippen MR) is 71.6 cm³/mol. The van der Waals surface area contributed by atoms with Gasteiger partial charge in [-0.3, -0.25) is 0 Å². The number of halogens is 2. The molecule has 1 unspecified atom stereocenters. The number of rotatable bonds is 6. The van der Waals surface area contributed by atoms with Crippen LogP contribution in [0.4, 0.5) is 8.78 Å². The largest absolute Gasteiger partial charge is 0.316 e. The van der Waals surface area contributed by atoms with Crippen LogP contribution in [0.2, 0.25) is 0 Å². The normalized spacial score (nSPS) is 14.8. The van der Waals surface area contributed by atoms with Crippen LogP contribution in [0.5, 0.6) is 0 Å². The van der Waals surface area contributed by atoms with Gasteiger partial charge < -0.3 is 5.32 Å². The molecule has 0 fully saturated rings. The highest BCUT2D eigenvalue weighted by Gasteiger charge is 2.29. The second-order valence-electron chi connectivity index (χ2n) is 5.50. The highest BCUT2D eigenvalue weighted by molar-refractivity contribution is 5.20. The van der Waals surface area contributed by atoms with Crippen molar-refractivity contribution in [1.29, 1.82) is 0 Å². The second kappa shape index (κ2) is 6.28. The van der Waals surface area contributed by atoms with Gasteiger partial charge >= 0.3 is 0 Å². The lowest BCUT2D eigenvalue weighted by atomic mass is 9.74. The van der Waals surface area contributed by atoms with E-state index in [0.29, 0.717) is 17.9 Å². The first-order valence-electron chi connectivity index (χ1n) is 6.53. The minimum Gasteiger partial charge on any atom is -0.316 e. The lowest BCUT2D eigenvalue weighted by molar-refractivity contribution is 0.206. The van der Waals surface area contributed by atoms with E-state index < -0.39 is 0 Å². The van der Waals surface area contributed by atoms with Crippen molar-refractivity contribution in [3.05, 3.63) is 35.4 Å². The van der Waals surface area contributed by atoms with E-state index in [4.69, 9.17) is 0 Å². The van der Waals surface area contributed by atoms with Gasteiger partial charge in [0.1, 0.15) is 11.6 Å². The molecule has 1 atom stereocenters. The van der Waals surface area contributed by atoms with Crippen molar-refractivity contribution in [2.24, 2.45) is 11.3 Å². The van der Waals surface area contributed by atoms with Gasteiger partial charge in [-0.1, -0.05) is 27.7 Å². The smallest absolute Gasteiger partial charge is 0.126 e. The summed E-state index contributed by atoms with van der Waals surface area (Å²) in [6, 6.07) is 3.68. The fraction of sp³-hybridized carbons (Fsp3) is 0.600. The molecule has 0 aliphatic heterocycles. The zero-order valence-electron chi connectivity index (χ0n) is 11.7. The van der Waals surface area contributed by atoms with Crippen LogP contribution in [-0.4, -0.2) is 13.1 Å². The Morgan fingerprint density at radius 2 is 1.94 bits per heavy atom. The maximum Gasteiger partial charge on any atom is 0.126 e. The minimum atomic E-state index is -0.374. The number of hydrogen-bond donors (Lipinski definition) is 1. The minimum absolute atomic E-state index is 0.0787. The topological polar surface area (TPSA) is 12.0 Å². The van der Waals surface area contributed by atoms with Crippen LogP contribution in [0.25, 0.3) is 0 Å². The van der Waals surface area contributed by atoms with E-state index in [9.17, 15) is 8.78 Å². The molecule has 0 heterocycles. The Balaban J connectivity index is 2.92. The van der Waals surface area contributed by atoms with Crippen molar-refractivity contribution in [3.63, 3.8) is 0 Å². The summed E-state index contributed by atoms with van der Waals surface area (Å²) >= 11 is 0. The highest BCUT2D eigenvalue weighted by Crippen LogP contribution is 2.31. The van der Waals surface area contributed by atoms with Gasteiger partial charge in [-0.25, -0.2) is 8.78 Å². The first-order chi connectivity index (χ1) is 8.39. The molecule has 1 aromatic carbocycles. The number of nitrogens with one attached hydrogen (secondary N) is 1. The zero-order valence-corrected chi connectivity index (χ0v) is 11.7. The molecule has 0 aliphatic carbocycles. The average Bonchev–Trinajstić information content (AvgIpc) is 2.31. The molecule has 102 valence electrons. The molecule has 0 saturated carbocycles. The first-order valence-corrected chi connectivity index (χ1v) is 6.53. The maximum atomic E-state index is 13.7. The van der Waals surface area contributed by atoms with Crippen molar-refractivity contribution >= 4 is 0 Å². The monoisotopic (exact) mass is 255 g/mol. The SMILES string of the molecule is CCNCC(C)(Cc1cc(F)ccc1F)C(C)C. The van der Waals surface area contributed by atoms with Gasteiger partial charge in [0.05, 0.1) is 0 Å². The van der Waals surface area contributed by atoms with Crippen molar-refractivity contribution in [3.8, 4) is 0 Å². The van der Waals surface area contributed by atoms with Crippen LogP contribution < -0.4 is 5.32 Å². The average molecular weight is 255 g/mol. The van der Waals surface area contributed by atoms with Crippen LogP contribution in [0.3, 0.4) is 0 Å². The zero-order chi connectivity index (χ0) is 13.8. The molecular formula is C15H23F2N. The first kappa shape index (κ1) is 15.1. The van der Waals surface area contributed by atoms with Crippen LogP contribution in [0.1, 0.15) is 33.3 Å². The van der Waals surface area contributed by atoms with Gasteiger partial charge in [-0.05, 0) is 48.1 Å². The molecule has 0 radical (unpaired) electrons. The summed E-state index contributed by atoms with van der Waals surface area (Å²) in [4.78, 5) is 0. The predicted octanol–water partition coefficient (Wildman–Crippen LogP) is 3.78. The fourth-order valence-electron chi connectivity index (χ4n) is 2.00. The summed E-state index contributed by atoms with van der Waals surface area (Å²) in [5.74, 6) is -0.306. The molecule has 0 aromatic heterocycles. The summed E-state index contributed by atoms with van der Waals surface area (Å²) in [5.41, 5.74) is 0.383. The van der Waals surface area contributed by atoms with Crippen LogP contribution in [0, 0.1) is 23.0 Å². The molecule has 1 N–H and O–H groups in total. The van der Waals surface area contributed by atoms with Gasteiger partial charge in [-0.15, -0.1) is 0 Å². The lowest BCUT2D eigenvalue weighted by Crippen LogP contribution is -2.38. The third-order valence-electron chi connectivity index (χ3n) is 3.77. The molecule has 0 saturated heterocycles. The van der Waals surface area contributed by atoms with Crippen molar-refractivity contribution in [1.82, 2.24) is 5.32 Å². The third-order valence-corrected chi connectivity index (χ3v) is 3.77. The Labute approximate surface area is 109 Å². The lowest BCUT2D eigenvalue weighted by Gasteiger charge is -2.34. The van der Waals surface area contributed by atoms with E-state index in [1.165, 1.54) is 12.1 Å². The third kappa shape index (κ3) is 3.77. The molecule has 1 nitrogen and oxygen atoms in total. The second-order valence-corrected chi connectivity index (χ2v) is 5.50. The van der Waals surface area contributed by atoms with E-state index in [-0.39, 0.29) is 17.0 Å². The molecule has 18 heavy (non-hydrogen) atoms. The van der Waals surface area contributed by atoms with Gasteiger partial charge in [0.15, 0.2) is 0 Å². The van der Waals surface area contributed by atoms with Gasteiger partial charge in [-0.2, -0.15) is 0 Å². The van der Waals surface area contributed by atoms with Crippen molar-refractivity contribution in [2.75, 3.05) is 13.1 Å². The number of benzene rings is 1. The Morgan fingerprint density at radius 1 is 1.28 bits per heavy atom. The Bertz CT molecular complexity index is 390. The molecule has 0 spiro atoms. The summed E-state index contributed by atoms with van der Waals surface area (Å²) < 4.78 is 26.9. The molecule has 3 heteroatoms. The van der Waals surface area contributed by atoms with E-state index in [2.05, 4.69) is 26.1 Å².